The summed E-state index contributed by atoms with van der Waals surface area (Å²) in [4.78, 5) is 4.47. The minimum Gasteiger partial charge on any atom is -0.381 e. The monoisotopic (exact) mass is 197 g/mol. The summed E-state index contributed by atoms with van der Waals surface area (Å²) >= 11 is 0. The Hall–Kier alpha value is -0.770. The highest BCUT2D eigenvalue weighted by atomic mass is 16.5. The van der Waals surface area contributed by atoms with E-state index in [4.69, 9.17) is 4.74 Å². The zero-order valence-corrected chi connectivity index (χ0v) is 8.59. The average molecular weight is 197 g/mol. The number of nitrogens with zero attached hydrogens (tertiary/aromatic N) is 1. The third-order valence-electron chi connectivity index (χ3n) is 2.71. The SMILES string of the molecule is C1CCNC(NC2CCOCC2)=NC1. The minimum absolute atomic E-state index is 0.549. The molecule has 1 fully saturated rings. The summed E-state index contributed by atoms with van der Waals surface area (Å²) in [5, 5.41) is 6.78. The zero-order chi connectivity index (χ0) is 9.64. The van der Waals surface area contributed by atoms with Crippen molar-refractivity contribution in [3.8, 4) is 0 Å². The maximum absolute atomic E-state index is 5.31. The van der Waals surface area contributed by atoms with Crippen LogP contribution in [0.5, 0.6) is 0 Å². The summed E-state index contributed by atoms with van der Waals surface area (Å²) in [5.74, 6) is 0.995. The molecule has 0 aromatic heterocycles. The molecule has 2 heterocycles. The molecule has 0 atom stereocenters. The summed E-state index contributed by atoms with van der Waals surface area (Å²) in [7, 11) is 0. The van der Waals surface area contributed by atoms with Gasteiger partial charge in [-0.25, -0.2) is 0 Å². The van der Waals surface area contributed by atoms with Gasteiger partial charge in [-0.15, -0.1) is 0 Å². The lowest BCUT2D eigenvalue weighted by atomic mass is 10.1. The van der Waals surface area contributed by atoms with Crippen LogP contribution < -0.4 is 10.6 Å². The van der Waals surface area contributed by atoms with Crippen LogP contribution in [0.1, 0.15) is 25.7 Å². The molecule has 0 amide bonds. The molecule has 2 N–H and O–H groups in total. The molecule has 0 radical (unpaired) electrons. The molecule has 0 aliphatic carbocycles. The molecule has 0 spiro atoms. The van der Waals surface area contributed by atoms with Crippen molar-refractivity contribution < 1.29 is 4.74 Å². The second kappa shape index (κ2) is 5.20. The Balaban J connectivity index is 1.79. The Kier molecular flexibility index (Phi) is 3.63. The molecular weight excluding hydrogens is 178 g/mol. The lowest BCUT2D eigenvalue weighted by molar-refractivity contribution is 0.0822. The van der Waals surface area contributed by atoms with E-state index in [-0.39, 0.29) is 0 Å². The van der Waals surface area contributed by atoms with Gasteiger partial charge in [0.05, 0.1) is 0 Å². The maximum Gasteiger partial charge on any atom is 0.191 e. The average Bonchev–Trinajstić information content (AvgIpc) is 2.48. The number of nitrogens with one attached hydrogen (secondary N) is 2. The quantitative estimate of drug-likeness (QED) is 0.643. The highest BCUT2D eigenvalue weighted by molar-refractivity contribution is 5.80. The highest BCUT2D eigenvalue weighted by Gasteiger charge is 2.15. The van der Waals surface area contributed by atoms with Gasteiger partial charge in [-0.2, -0.15) is 0 Å². The molecular formula is C10H19N3O. The fourth-order valence-electron chi connectivity index (χ4n) is 1.82. The zero-order valence-electron chi connectivity index (χ0n) is 8.59. The molecule has 14 heavy (non-hydrogen) atoms. The van der Waals surface area contributed by atoms with E-state index in [1.807, 2.05) is 0 Å². The first-order valence-corrected chi connectivity index (χ1v) is 5.58. The number of ether oxygens (including phenoxy) is 1. The van der Waals surface area contributed by atoms with E-state index in [0.717, 1.165) is 45.1 Å². The van der Waals surface area contributed by atoms with Gasteiger partial charge < -0.3 is 15.4 Å². The van der Waals surface area contributed by atoms with E-state index in [1.54, 1.807) is 0 Å². The van der Waals surface area contributed by atoms with Crippen molar-refractivity contribution in [3.63, 3.8) is 0 Å². The summed E-state index contributed by atoms with van der Waals surface area (Å²) in [6.07, 6.45) is 4.62. The Morgan fingerprint density at radius 2 is 2.14 bits per heavy atom. The first kappa shape index (κ1) is 9.77. The molecule has 0 saturated carbocycles. The van der Waals surface area contributed by atoms with Crippen molar-refractivity contribution in [2.75, 3.05) is 26.3 Å². The number of hydrogen-bond acceptors (Lipinski definition) is 4. The Morgan fingerprint density at radius 1 is 1.29 bits per heavy atom. The van der Waals surface area contributed by atoms with Crippen molar-refractivity contribution in [3.05, 3.63) is 0 Å². The molecule has 4 nitrogen and oxygen atoms in total. The van der Waals surface area contributed by atoms with Crippen LogP contribution >= 0.6 is 0 Å². The fourth-order valence-corrected chi connectivity index (χ4v) is 1.82. The number of rotatable bonds is 1. The first-order chi connectivity index (χ1) is 6.95. The van der Waals surface area contributed by atoms with E-state index < -0.39 is 0 Å². The first-order valence-electron chi connectivity index (χ1n) is 5.58. The van der Waals surface area contributed by atoms with Crippen LogP contribution in [0.15, 0.2) is 4.99 Å². The number of hydrogen-bond donors (Lipinski definition) is 2. The fraction of sp³-hybridized carbons (Fsp3) is 0.900. The van der Waals surface area contributed by atoms with Gasteiger partial charge in [-0.3, -0.25) is 4.99 Å². The highest BCUT2D eigenvalue weighted by Crippen LogP contribution is 2.06. The topological polar surface area (TPSA) is 45.6 Å². The van der Waals surface area contributed by atoms with Gasteiger partial charge >= 0.3 is 0 Å². The van der Waals surface area contributed by atoms with Crippen LogP contribution in [0.3, 0.4) is 0 Å². The van der Waals surface area contributed by atoms with Gasteiger partial charge in [0.25, 0.3) is 0 Å². The summed E-state index contributed by atoms with van der Waals surface area (Å²) in [6.45, 7) is 3.77. The minimum atomic E-state index is 0.549. The van der Waals surface area contributed by atoms with Gasteiger partial charge in [0.2, 0.25) is 0 Å². The van der Waals surface area contributed by atoms with E-state index in [9.17, 15) is 0 Å². The third-order valence-corrected chi connectivity index (χ3v) is 2.71. The molecule has 0 bridgehead atoms. The van der Waals surface area contributed by atoms with Crippen molar-refractivity contribution in [1.82, 2.24) is 10.6 Å². The maximum atomic E-state index is 5.31. The second-order valence-corrected chi connectivity index (χ2v) is 3.90. The van der Waals surface area contributed by atoms with Crippen LogP contribution in [-0.2, 0) is 4.74 Å². The second-order valence-electron chi connectivity index (χ2n) is 3.90. The van der Waals surface area contributed by atoms with Crippen molar-refractivity contribution >= 4 is 5.96 Å². The van der Waals surface area contributed by atoms with Gasteiger partial charge in [0.1, 0.15) is 0 Å². The van der Waals surface area contributed by atoms with E-state index >= 15 is 0 Å². The van der Waals surface area contributed by atoms with E-state index in [0.29, 0.717) is 6.04 Å². The summed E-state index contributed by atoms with van der Waals surface area (Å²) in [6, 6.07) is 0.549. The van der Waals surface area contributed by atoms with Crippen LogP contribution in [0.25, 0.3) is 0 Å². The van der Waals surface area contributed by atoms with Crippen LogP contribution in [0, 0.1) is 0 Å². The smallest absolute Gasteiger partial charge is 0.191 e. The largest absolute Gasteiger partial charge is 0.381 e. The number of guanidine groups is 1. The standard InChI is InChI=1S/C10H19N3O/c1-2-6-12-10(11-5-1)13-9-3-7-14-8-4-9/h9H,1-8H2,(H2,11,12,13). The molecule has 0 aromatic rings. The molecule has 2 aliphatic rings. The van der Waals surface area contributed by atoms with E-state index in [1.165, 1.54) is 12.8 Å². The molecule has 80 valence electrons. The van der Waals surface area contributed by atoms with Gasteiger partial charge in [-0.05, 0) is 25.7 Å². The van der Waals surface area contributed by atoms with Crippen LogP contribution in [0.4, 0.5) is 0 Å². The van der Waals surface area contributed by atoms with Gasteiger partial charge in [-0.1, -0.05) is 0 Å². The van der Waals surface area contributed by atoms with Crippen LogP contribution in [-0.4, -0.2) is 38.3 Å². The molecule has 0 aromatic carbocycles. The summed E-state index contributed by atoms with van der Waals surface area (Å²) < 4.78 is 5.31. The van der Waals surface area contributed by atoms with Crippen molar-refractivity contribution in [1.29, 1.82) is 0 Å². The Bertz CT molecular complexity index is 200. The molecule has 2 rings (SSSR count). The van der Waals surface area contributed by atoms with Crippen molar-refractivity contribution in [2.45, 2.75) is 31.7 Å². The molecule has 4 heteroatoms. The van der Waals surface area contributed by atoms with Gasteiger partial charge in [0, 0.05) is 32.3 Å². The third kappa shape index (κ3) is 2.87. The normalized spacial score (nSPS) is 24.7. The van der Waals surface area contributed by atoms with Crippen molar-refractivity contribution in [2.24, 2.45) is 4.99 Å². The number of aliphatic imine (C=N–C) groups is 1. The molecule has 1 saturated heterocycles. The Labute approximate surface area is 85.1 Å². The molecule has 0 unspecified atom stereocenters. The summed E-state index contributed by atoms with van der Waals surface area (Å²) in [5.41, 5.74) is 0. The predicted molar refractivity (Wildman–Crippen MR) is 56.5 cm³/mol. The van der Waals surface area contributed by atoms with E-state index in [2.05, 4.69) is 15.6 Å². The lowest BCUT2D eigenvalue weighted by Crippen LogP contribution is -2.45. The Morgan fingerprint density at radius 3 is 3.00 bits per heavy atom. The van der Waals surface area contributed by atoms with Gasteiger partial charge in [0.15, 0.2) is 5.96 Å². The lowest BCUT2D eigenvalue weighted by Gasteiger charge is -2.24. The predicted octanol–water partition coefficient (Wildman–Crippen LogP) is 0.494. The van der Waals surface area contributed by atoms with Crippen LogP contribution in [0.2, 0.25) is 0 Å². The molecule has 2 aliphatic heterocycles.